The number of imide groups is 1. The van der Waals surface area contributed by atoms with Gasteiger partial charge in [-0.05, 0) is 12.1 Å². The molecule has 0 spiro atoms. The molecule has 82 valence electrons. The minimum Gasteiger partial charge on any atom is -0.269 e. The van der Waals surface area contributed by atoms with Gasteiger partial charge in [-0.15, -0.1) is 0 Å². The first-order valence-electron chi connectivity index (χ1n) is 5.16. The average Bonchev–Trinajstić information content (AvgIpc) is 2.69. The number of aromatic nitrogens is 1. The van der Waals surface area contributed by atoms with Crippen molar-refractivity contribution < 1.29 is 9.59 Å². The Kier molecular flexibility index (Phi) is 2.01. The van der Waals surface area contributed by atoms with E-state index in [0.717, 1.165) is 10.8 Å². The van der Waals surface area contributed by atoms with Crippen molar-refractivity contribution in [1.29, 1.82) is 0 Å². The third-order valence-electron chi connectivity index (χ3n) is 2.71. The summed E-state index contributed by atoms with van der Waals surface area (Å²) in [5, 5.41) is 1.74. The Bertz CT molecular complexity index is 638. The number of rotatable bonds is 1. The van der Waals surface area contributed by atoms with Crippen LogP contribution in [0.3, 0.4) is 0 Å². The molecule has 4 heteroatoms. The Morgan fingerprint density at radius 1 is 1.00 bits per heavy atom. The highest BCUT2D eigenvalue weighted by molar-refractivity contribution is 6.30. The van der Waals surface area contributed by atoms with Crippen molar-refractivity contribution in [2.24, 2.45) is 0 Å². The number of hydrogen-bond acceptors (Lipinski definition) is 3. The number of carbonyl (C=O) groups is 2. The number of amides is 2. The van der Waals surface area contributed by atoms with Crippen LogP contribution in [0.4, 0.5) is 5.69 Å². The Balaban J connectivity index is 2.24. The molecule has 0 fully saturated rings. The van der Waals surface area contributed by atoms with Gasteiger partial charge < -0.3 is 0 Å². The van der Waals surface area contributed by atoms with E-state index in [1.165, 1.54) is 17.1 Å². The van der Waals surface area contributed by atoms with Crippen LogP contribution in [-0.4, -0.2) is 16.8 Å². The molecule has 2 heterocycles. The summed E-state index contributed by atoms with van der Waals surface area (Å²) >= 11 is 0. The second-order valence-corrected chi connectivity index (χ2v) is 3.72. The highest BCUT2D eigenvalue weighted by Crippen LogP contribution is 2.28. The first-order chi connectivity index (χ1) is 8.27. The van der Waals surface area contributed by atoms with Gasteiger partial charge in [0.1, 0.15) is 0 Å². The third kappa shape index (κ3) is 1.42. The summed E-state index contributed by atoms with van der Waals surface area (Å²) in [7, 11) is 0. The van der Waals surface area contributed by atoms with Gasteiger partial charge in [0.05, 0.1) is 5.69 Å². The van der Waals surface area contributed by atoms with Crippen LogP contribution in [0.25, 0.3) is 10.8 Å². The fourth-order valence-electron chi connectivity index (χ4n) is 1.94. The van der Waals surface area contributed by atoms with E-state index in [9.17, 15) is 9.59 Å². The van der Waals surface area contributed by atoms with Crippen molar-refractivity contribution in [2.75, 3.05) is 4.90 Å². The quantitative estimate of drug-likeness (QED) is 0.692. The van der Waals surface area contributed by atoms with E-state index < -0.39 is 0 Å². The van der Waals surface area contributed by atoms with Crippen molar-refractivity contribution in [3.05, 3.63) is 48.8 Å². The van der Waals surface area contributed by atoms with Crippen LogP contribution in [0, 0.1) is 0 Å². The van der Waals surface area contributed by atoms with Gasteiger partial charge in [-0.1, -0.05) is 12.1 Å². The predicted octanol–water partition coefficient (Wildman–Crippen LogP) is 1.66. The Morgan fingerprint density at radius 2 is 1.76 bits per heavy atom. The average molecular weight is 224 g/mol. The van der Waals surface area contributed by atoms with E-state index in [2.05, 4.69) is 4.98 Å². The van der Waals surface area contributed by atoms with Crippen LogP contribution in [0.1, 0.15) is 0 Å². The molecule has 0 aliphatic carbocycles. The molecule has 1 aromatic carbocycles. The molecule has 0 saturated carbocycles. The topological polar surface area (TPSA) is 50.3 Å². The lowest BCUT2D eigenvalue weighted by Crippen LogP contribution is -2.29. The summed E-state index contributed by atoms with van der Waals surface area (Å²) < 4.78 is 0. The normalized spacial score (nSPS) is 14.9. The molecule has 2 aromatic rings. The highest BCUT2D eigenvalue weighted by Gasteiger charge is 2.26. The fraction of sp³-hybridized carbons (Fsp3) is 0. The molecule has 2 amide bonds. The largest absolute Gasteiger partial charge is 0.269 e. The molecule has 17 heavy (non-hydrogen) atoms. The van der Waals surface area contributed by atoms with Crippen LogP contribution < -0.4 is 4.90 Å². The molecule has 0 saturated heterocycles. The minimum absolute atomic E-state index is 0.306. The molecule has 4 nitrogen and oxygen atoms in total. The maximum Gasteiger partial charge on any atom is 0.258 e. The van der Waals surface area contributed by atoms with E-state index in [-0.39, 0.29) is 11.8 Å². The Labute approximate surface area is 97.2 Å². The lowest BCUT2D eigenvalue weighted by molar-refractivity contribution is -0.119. The summed E-state index contributed by atoms with van der Waals surface area (Å²) in [5.41, 5.74) is 0.602. The maximum atomic E-state index is 11.6. The summed E-state index contributed by atoms with van der Waals surface area (Å²) in [6, 6.07) is 7.25. The first-order valence-corrected chi connectivity index (χ1v) is 5.16. The predicted molar refractivity (Wildman–Crippen MR) is 63.4 cm³/mol. The van der Waals surface area contributed by atoms with Crippen molar-refractivity contribution in [2.45, 2.75) is 0 Å². The minimum atomic E-state index is -0.306. The van der Waals surface area contributed by atoms with Gasteiger partial charge in [0.25, 0.3) is 11.8 Å². The summed E-state index contributed by atoms with van der Waals surface area (Å²) in [4.78, 5) is 28.4. The molecule has 1 aliphatic heterocycles. The van der Waals surface area contributed by atoms with Crippen molar-refractivity contribution in [3.8, 4) is 0 Å². The zero-order valence-corrected chi connectivity index (χ0v) is 8.83. The Morgan fingerprint density at radius 3 is 2.53 bits per heavy atom. The van der Waals surface area contributed by atoms with Gasteiger partial charge >= 0.3 is 0 Å². The lowest BCUT2D eigenvalue weighted by Gasteiger charge is -2.15. The molecule has 0 unspecified atom stereocenters. The SMILES string of the molecule is O=C1C=CC(=O)N1c1cccc2cnccc12. The van der Waals surface area contributed by atoms with E-state index in [4.69, 9.17) is 0 Å². The number of benzene rings is 1. The van der Waals surface area contributed by atoms with Crippen LogP contribution in [0.15, 0.2) is 48.8 Å². The number of nitrogens with zero attached hydrogens (tertiary/aromatic N) is 2. The van der Waals surface area contributed by atoms with Crippen LogP contribution >= 0.6 is 0 Å². The first kappa shape index (κ1) is 9.72. The zero-order chi connectivity index (χ0) is 11.8. The van der Waals surface area contributed by atoms with E-state index in [1.807, 2.05) is 6.07 Å². The van der Waals surface area contributed by atoms with Crippen molar-refractivity contribution in [1.82, 2.24) is 4.98 Å². The number of pyridine rings is 1. The number of anilines is 1. The second kappa shape index (κ2) is 3.52. The van der Waals surface area contributed by atoms with Gasteiger partial charge in [-0.25, -0.2) is 4.90 Å². The van der Waals surface area contributed by atoms with Crippen molar-refractivity contribution in [3.63, 3.8) is 0 Å². The van der Waals surface area contributed by atoms with Gasteiger partial charge in [-0.3, -0.25) is 14.6 Å². The second-order valence-electron chi connectivity index (χ2n) is 3.72. The maximum absolute atomic E-state index is 11.6. The molecule has 1 aromatic heterocycles. The highest BCUT2D eigenvalue weighted by atomic mass is 16.2. The van der Waals surface area contributed by atoms with Crippen LogP contribution in [0.5, 0.6) is 0 Å². The summed E-state index contributed by atoms with van der Waals surface area (Å²) in [6.07, 6.45) is 5.91. The summed E-state index contributed by atoms with van der Waals surface area (Å²) in [6.45, 7) is 0. The van der Waals surface area contributed by atoms with Gasteiger partial charge in [0.2, 0.25) is 0 Å². The molecule has 0 bridgehead atoms. The number of fused-ring (bicyclic) bond motifs is 1. The molecule has 1 aliphatic rings. The molecule has 3 rings (SSSR count). The molecular formula is C13H8N2O2. The van der Waals surface area contributed by atoms with Gasteiger partial charge in [-0.2, -0.15) is 0 Å². The van der Waals surface area contributed by atoms with Crippen molar-refractivity contribution >= 4 is 28.3 Å². The molecule has 0 radical (unpaired) electrons. The molecule has 0 N–H and O–H groups in total. The van der Waals surface area contributed by atoms with Gasteiger partial charge in [0, 0.05) is 35.3 Å². The fourth-order valence-corrected chi connectivity index (χ4v) is 1.94. The van der Waals surface area contributed by atoms with E-state index in [1.54, 1.807) is 30.6 Å². The van der Waals surface area contributed by atoms with Gasteiger partial charge in [0.15, 0.2) is 0 Å². The van der Waals surface area contributed by atoms with Crippen LogP contribution in [0.2, 0.25) is 0 Å². The van der Waals surface area contributed by atoms with E-state index in [0.29, 0.717) is 5.69 Å². The van der Waals surface area contributed by atoms with E-state index >= 15 is 0 Å². The Hall–Kier alpha value is -2.49. The monoisotopic (exact) mass is 224 g/mol. The lowest BCUT2D eigenvalue weighted by atomic mass is 10.1. The number of hydrogen-bond donors (Lipinski definition) is 0. The number of carbonyl (C=O) groups excluding carboxylic acids is 2. The smallest absolute Gasteiger partial charge is 0.258 e. The standard InChI is InChI=1S/C13H8N2O2/c16-12-4-5-13(17)15(12)11-3-1-2-9-8-14-7-6-10(9)11/h1-8H. The summed E-state index contributed by atoms with van der Waals surface area (Å²) in [5.74, 6) is -0.612. The van der Waals surface area contributed by atoms with Crippen LogP contribution in [-0.2, 0) is 9.59 Å². The molecule has 0 atom stereocenters. The molecular weight excluding hydrogens is 216 g/mol. The third-order valence-corrected chi connectivity index (χ3v) is 2.71. The zero-order valence-electron chi connectivity index (χ0n) is 8.83.